The molecule has 116 valence electrons. The number of H-pyrrole nitrogens is 1. The largest absolute Gasteiger partial charge is 0.250 e. The molecule has 0 atom stereocenters. The first kappa shape index (κ1) is 15.9. The van der Waals surface area contributed by atoms with Crippen LogP contribution in [-0.2, 0) is 0 Å². The van der Waals surface area contributed by atoms with Crippen LogP contribution in [-0.4, -0.2) is 21.1 Å². The maximum atomic E-state index is 6.17. The van der Waals surface area contributed by atoms with Crippen LogP contribution in [0.5, 0.6) is 0 Å². The molecule has 0 unspecified atom stereocenters. The van der Waals surface area contributed by atoms with Crippen molar-refractivity contribution in [3.8, 4) is 11.4 Å². The lowest BCUT2D eigenvalue weighted by Gasteiger charge is -2.04. The van der Waals surface area contributed by atoms with Crippen molar-refractivity contribution in [1.82, 2.24) is 14.9 Å². The fourth-order valence-corrected chi connectivity index (χ4v) is 2.67. The molecule has 0 amide bonds. The van der Waals surface area contributed by atoms with Gasteiger partial charge >= 0.3 is 0 Å². The summed E-state index contributed by atoms with van der Waals surface area (Å²) < 4.78 is 1.96. The molecule has 3 rings (SSSR count). The normalized spacial score (nSPS) is 11.3. The Labute approximate surface area is 148 Å². The molecule has 3 aromatic rings. The molecule has 0 radical (unpaired) electrons. The van der Waals surface area contributed by atoms with E-state index < -0.39 is 0 Å². The lowest BCUT2D eigenvalue weighted by molar-refractivity contribution is 0.871. The molecule has 0 fully saturated rings. The number of nitrogens with zero attached hydrogens (tertiary/aromatic N) is 3. The standard InChI is InChI=1S/C16H12Cl2N4S/c1-10-5-2-3-7-12(10)15-20-21-16(23)22(15)19-9-11-6-4-8-13(17)14(11)18/h2-9H,1H3,(H,21,23)/b19-9-. The molecule has 0 aliphatic heterocycles. The Morgan fingerprint density at radius 3 is 2.74 bits per heavy atom. The number of benzene rings is 2. The fraction of sp³-hybridized carbons (Fsp3) is 0.0625. The van der Waals surface area contributed by atoms with Gasteiger partial charge in [-0.3, -0.25) is 0 Å². The number of aryl methyl sites for hydroxylation is 1. The van der Waals surface area contributed by atoms with Gasteiger partial charge in [-0.25, -0.2) is 5.10 Å². The molecule has 0 saturated carbocycles. The van der Waals surface area contributed by atoms with Crippen molar-refractivity contribution in [3.63, 3.8) is 0 Å². The summed E-state index contributed by atoms with van der Waals surface area (Å²) in [5, 5.41) is 12.4. The Hall–Kier alpha value is -1.95. The van der Waals surface area contributed by atoms with E-state index in [1.165, 1.54) is 0 Å². The second-order valence-electron chi connectivity index (χ2n) is 4.87. The molecular weight excluding hydrogens is 351 g/mol. The van der Waals surface area contributed by atoms with Crippen LogP contribution >= 0.6 is 35.4 Å². The number of halogens is 2. The van der Waals surface area contributed by atoms with E-state index in [-0.39, 0.29) is 0 Å². The highest BCUT2D eigenvalue weighted by atomic mass is 35.5. The van der Waals surface area contributed by atoms with Crippen molar-refractivity contribution in [2.24, 2.45) is 5.10 Å². The van der Waals surface area contributed by atoms with E-state index in [0.29, 0.717) is 26.2 Å². The van der Waals surface area contributed by atoms with Crippen molar-refractivity contribution >= 4 is 41.6 Å². The zero-order valence-corrected chi connectivity index (χ0v) is 14.5. The third kappa shape index (κ3) is 3.22. The molecule has 1 heterocycles. The molecule has 23 heavy (non-hydrogen) atoms. The minimum atomic E-state index is 0.401. The Kier molecular flexibility index (Phi) is 4.61. The number of aromatic nitrogens is 3. The average Bonchev–Trinajstić information content (AvgIpc) is 2.90. The molecule has 0 spiro atoms. The summed E-state index contributed by atoms with van der Waals surface area (Å²) in [6.45, 7) is 2.01. The van der Waals surface area contributed by atoms with Gasteiger partial charge in [0.2, 0.25) is 4.77 Å². The van der Waals surface area contributed by atoms with Crippen molar-refractivity contribution in [2.45, 2.75) is 6.92 Å². The molecule has 1 N–H and O–H groups in total. The van der Waals surface area contributed by atoms with E-state index in [4.69, 9.17) is 35.4 Å². The van der Waals surface area contributed by atoms with Crippen LogP contribution in [0.4, 0.5) is 0 Å². The zero-order chi connectivity index (χ0) is 16.4. The van der Waals surface area contributed by atoms with E-state index in [1.807, 2.05) is 43.3 Å². The van der Waals surface area contributed by atoms with Gasteiger partial charge in [-0.2, -0.15) is 14.9 Å². The molecule has 1 aromatic heterocycles. The van der Waals surface area contributed by atoms with Crippen LogP contribution in [0.3, 0.4) is 0 Å². The second-order valence-corrected chi connectivity index (χ2v) is 6.04. The van der Waals surface area contributed by atoms with Crippen LogP contribution in [0.25, 0.3) is 11.4 Å². The van der Waals surface area contributed by atoms with Crippen LogP contribution in [0.15, 0.2) is 47.6 Å². The topological polar surface area (TPSA) is 46.0 Å². The van der Waals surface area contributed by atoms with E-state index in [1.54, 1.807) is 17.0 Å². The second kappa shape index (κ2) is 6.66. The minimum Gasteiger partial charge on any atom is -0.250 e. The number of hydrogen-bond donors (Lipinski definition) is 1. The van der Waals surface area contributed by atoms with Gasteiger partial charge in [-0.1, -0.05) is 59.6 Å². The van der Waals surface area contributed by atoms with Crippen molar-refractivity contribution < 1.29 is 0 Å². The van der Waals surface area contributed by atoms with Gasteiger partial charge in [-0.15, -0.1) is 0 Å². The van der Waals surface area contributed by atoms with E-state index in [2.05, 4.69) is 15.3 Å². The van der Waals surface area contributed by atoms with Gasteiger partial charge in [0.25, 0.3) is 0 Å². The highest BCUT2D eigenvalue weighted by Crippen LogP contribution is 2.25. The summed E-state index contributed by atoms with van der Waals surface area (Å²) >= 11 is 17.4. The number of rotatable bonds is 3. The first-order chi connectivity index (χ1) is 11.1. The molecular formula is C16H12Cl2N4S. The van der Waals surface area contributed by atoms with Crippen molar-refractivity contribution in [3.05, 3.63) is 68.4 Å². The van der Waals surface area contributed by atoms with E-state index >= 15 is 0 Å². The van der Waals surface area contributed by atoms with Gasteiger partial charge in [0.15, 0.2) is 5.82 Å². The van der Waals surface area contributed by atoms with Crippen LogP contribution in [0.2, 0.25) is 10.0 Å². The van der Waals surface area contributed by atoms with Crippen molar-refractivity contribution in [1.29, 1.82) is 0 Å². The van der Waals surface area contributed by atoms with E-state index in [9.17, 15) is 0 Å². The van der Waals surface area contributed by atoms with Crippen molar-refractivity contribution in [2.75, 3.05) is 0 Å². The van der Waals surface area contributed by atoms with Gasteiger partial charge in [0.1, 0.15) is 0 Å². The maximum Gasteiger partial charge on any atom is 0.216 e. The predicted octanol–water partition coefficient (Wildman–Crippen LogP) is 5.11. The van der Waals surface area contributed by atoms with Gasteiger partial charge < -0.3 is 0 Å². The van der Waals surface area contributed by atoms with Crippen LogP contribution in [0, 0.1) is 11.7 Å². The molecule has 0 aliphatic carbocycles. The first-order valence-electron chi connectivity index (χ1n) is 6.79. The highest BCUT2D eigenvalue weighted by Gasteiger charge is 2.10. The van der Waals surface area contributed by atoms with Crippen LogP contribution < -0.4 is 0 Å². The Balaban J connectivity index is 2.07. The SMILES string of the molecule is Cc1ccccc1-c1n[nH]c(=S)n1/N=C\c1cccc(Cl)c1Cl. The van der Waals surface area contributed by atoms with Gasteiger partial charge in [0.05, 0.1) is 16.3 Å². The highest BCUT2D eigenvalue weighted by molar-refractivity contribution is 7.71. The van der Waals surface area contributed by atoms with Crippen LogP contribution in [0.1, 0.15) is 11.1 Å². The number of nitrogens with one attached hydrogen (secondary N) is 1. The Bertz CT molecular complexity index is 943. The monoisotopic (exact) mass is 362 g/mol. The molecule has 4 nitrogen and oxygen atoms in total. The summed E-state index contributed by atoms with van der Waals surface area (Å²) in [6.07, 6.45) is 1.61. The fourth-order valence-electron chi connectivity index (χ4n) is 2.14. The molecule has 0 saturated heterocycles. The molecule has 7 heteroatoms. The summed E-state index contributed by atoms with van der Waals surface area (Å²) in [6, 6.07) is 13.3. The summed E-state index contributed by atoms with van der Waals surface area (Å²) in [7, 11) is 0. The van der Waals surface area contributed by atoms with E-state index in [0.717, 1.165) is 11.1 Å². The summed E-state index contributed by atoms with van der Waals surface area (Å²) in [5.41, 5.74) is 2.74. The Morgan fingerprint density at radius 2 is 1.96 bits per heavy atom. The van der Waals surface area contributed by atoms with Gasteiger partial charge in [-0.05, 0) is 30.8 Å². The predicted molar refractivity (Wildman–Crippen MR) is 97.0 cm³/mol. The lowest BCUT2D eigenvalue weighted by Crippen LogP contribution is -1.96. The first-order valence-corrected chi connectivity index (χ1v) is 7.96. The summed E-state index contributed by atoms with van der Waals surface area (Å²) in [4.78, 5) is 0. The Morgan fingerprint density at radius 1 is 1.17 bits per heavy atom. The third-order valence-electron chi connectivity index (χ3n) is 3.33. The smallest absolute Gasteiger partial charge is 0.216 e. The third-order valence-corrected chi connectivity index (χ3v) is 4.43. The quantitative estimate of drug-likeness (QED) is 0.520. The molecule has 2 aromatic carbocycles. The number of aromatic amines is 1. The maximum absolute atomic E-state index is 6.17. The minimum absolute atomic E-state index is 0.401. The average molecular weight is 363 g/mol. The van der Waals surface area contributed by atoms with Gasteiger partial charge in [0, 0.05) is 11.1 Å². The zero-order valence-electron chi connectivity index (χ0n) is 12.1. The summed E-state index contributed by atoms with van der Waals surface area (Å²) in [5.74, 6) is 0.641. The molecule has 0 aliphatic rings. The molecule has 0 bridgehead atoms. The number of hydrogen-bond acceptors (Lipinski definition) is 3. The lowest BCUT2D eigenvalue weighted by atomic mass is 10.1.